The van der Waals surface area contributed by atoms with Gasteiger partial charge in [-0.15, -0.1) is 0 Å². The van der Waals surface area contributed by atoms with Crippen LogP contribution in [0.1, 0.15) is 0 Å². The van der Waals surface area contributed by atoms with Crippen LogP contribution in [0.25, 0.3) is 82.7 Å². The number of benzene rings is 9. The van der Waals surface area contributed by atoms with Gasteiger partial charge in [-0.3, -0.25) is 0 Å². The van der Waals surface area contributed by atoms with Crippen LogP contribution >= 0.6 is 0 Å². The zero-order valence-corrected chi connectivity index (χ0v) is 29.8. The van der Waals surface area contributed by atoms with E-state index < -0.39 is 0 Å². The van der Waals surface area contributed by atoms with E-state index >= 15 is 0 Å². The molecule has 4 heteroatoms. The summed E-state index contributed by atoms with van der Waals surface area (Å²) in [6.45, 7) is 0. The van der Waals surface area contributed by atoms with Gasteiger partial charge in [-0.1, -0.05) is 133 Å². The van der Waals surface area contributed by atoms with Gasteiger partial charge in [0.05, 0.1) is 22.4 Å². The van der Waals surface area contributed by atoms with Crippen LogP contribution < -0.4 is 4.90 Å². The van der Waals surface area contributed by atoms with Crippen LogP contribution in [-0.4, -0.2) is 9.55 Å². The summed E-state index contributed by atoms with van der Waals surface area (Å²) in [6, 6.07) is 71.0. The molecular formula is C51H33N3O. The lowest BCUT2D eigenvalue weighted by Crippen LogP contribution is -2.10. The maximum atomic E-state index is 6.72. The molecule has 0 radical (unpaired) electrons. The third-order valence-corrected chi connectivity index (χ3v) is 10.8. The lowest BCUT2D eigenvalue weighted by atomic mass is 10.0. The number of anilines is 3. The molecule has 0 atom stereocenters. The summed E-state index contributed by atoms with van der Waals surface area (Å²) in [7, 11) is 0. The normalized spacial score (nSPS) is 11.6. The van der Waals surface area contributed by atoms with Crippen molar-refractivity contribution in [2.24, 2.45) is 0 Å². The fourth-order valence-electron chi connectivity index (χ4n) is 8.23. The molecule has 2 aromatic heterocycles. The third-order valence-electron chi connectivity index (χ3n) is 10.8. The molecule has 0 fully saturated rings. The number of rotatable bonds is 6. The average molecular weight is 704 g/mol. The van der Waals surface area contributed by atoms with Crippen LogP contribution in [0.3, 0.4) is 0 Å². The highest BCUT2D eigenvalue weighted by atomic mass is 16.3. The van der Waals surface area contributed by atoms with Gasteiger partial charge in [0.15, 0.2) is 5.58 Å². The predicted molar refractivity (Wildman–Crippen MR) is 229 cm³/mol. The molecule has 11 rings (SSSR count). The number of hydrogen-bond donors (Lipinski definition) is 0. The van der Waals surface area contributed by atoms with E-state index in [1.54, 1.807) is 0 Å². The monoisotopic (exact) mass is 703 g/mol. The van der Waals surface area contributed by atoms with Crippen LogP contribution in [0.4, 0.5) is 17.1 Å². The molecule has 0 aliphatic heterocycles. The molecule has 0 bridgehead atoms. The molecular weight excluding hydrogens is 671 g/mol. The van der Waals surface area contributed by atoms with Crippen molar-refractivity contribution in [3.8, 4) is 28.3 Å². The van der Waals surface area contributed by atoms with E-state index in [1.165, 1.54) is 38.0 Å². The first kappa shape index (κ1) is 31.1. The second kappa shape index (κ2) is 12.6. The van der Waals surface area contributed by atoms with E-state index in [1.807, 2.05) is 36.4 Å². The minimum absolute atomic E-state index is 0.597. The van der Waals surface area contributed by atoms with Crippen LogP contribution in [0, 0.1) is 0 Å². The minimum Gasteiger partial charge on any atom is -0.434 e. The topological polar surface area (TPSA) is 34.2 Å². The molecule has 0 saturated heterocycles. The first-order valence-electron chi connectivity index (χ1n) is 18.6. The van der Waals surface area contributed by atoms with E-state index in [2.05, 4.69) is 173 Å². The Hall–Kier alpha value is -7.43. The van der Waals surface area contributed by atoms with E-state index in [0.717, 1.165) is 55.9 Å². The number of nitrogens with zero attached hydrogens (tertiary/aromatic N) is 3. The highest BCUT2D eigenvalue weighted by Gasteiger charge is 2.25. The van der Waals surface area contributed by atoms with Crippen LogP contribution in [-0.2, 0) is 0 Å². The Balaban J connectivity index is 1.19. The Morgan fingerprint density at radius 2 is 1.13 bits per heavy atom. The van der Waals surface area contributed by atoms with Crippen LogP contribution in [0.15, 0.2) is 205 Å². The zero-order valence-electron chi connectivity index (χ0n) is 29.8. The second-order valence-corrected chi connectivity index (χ2v) is 14.0. The highest BCUT2D eigenvalue weighted by molar-refractivity contribution is 6.23. The highest BCUT2D eigenvalue weighted by Crippen LogP contribution is 2.47. The predicted octanol–water partition coefficient (Wildman–Crippen LogP) is 14.0. The average Bonchev–Trinajstić information content (AvgIpc) is 3.86. The Morgan fingerprint density at radius 3 is 1.96 bits per heavy atom. The summed E-state index contributed by atoms with van der Waals surface area (Å²) in [5, 5.41) is 7.22. The van der Waals surface area contributed by atoms with Gasteiger partial charge in [0, 0.05) is 33.1 Å². The van der Waals surface area contributed by atoms with E-state index in [0.29, 0.717) is 5.89 Å². The molecule has 0 aliphatic rings. The van der Waals surface area contributed by atoms with Crippen molar-refractivity contribution in [3.63, 3.8) is 0 Å². The van der Waals surface area contributed by atoms with Gasteiger partial charge in [0.2, 0.25) is 5.89 Å². The molecule has 0 spiro atoms. The number of oxazole rings is 1. The van der Waals surface area contributed by atoms with Gasteiger partial charge in [-0.05, 0) is 94.0 Å². The second-order valence-electron chi connectivity index (χ2n) is 14.0. The fraction of sp³-hybridized carbons (Fsp3) is 0. The number of aromatic nitrogens is 2. The first-order valence-corrected chi connectivity index (χ1v) is 18.6. The van der Waals surface area contributed by atoms with Gasteiger partial charge < -0.3 is 13.9 Å². The Morgan fingerprint density at radius 1 is 0.455 bits per heavy atom. The fourth-order valence-corrected chi connectivity index (χ4v) is 8.23. The van der Waals surface area contributed by atoms with Gasteiger partial charge in [-0.2, -0.15) is 0 Å². The minimum atomic E-state index is 0.597. The summed E-state index contributed by atoms with van der Waals surface area (Å²) in [5.74, 6) is 0.597. The molecule has 55 heavy (non-hydrogen) atoms. The quantitative estimate of drug-likeness (QED) is 0.173. The molecule has 9 aromatic carbocycles. The zero-order chi connectivity index (χ0) is 36.3. The molecule has 0 amide bonds. The summed E-state index contributed by atoms with van der Waals surface area (Å²) < 4.78 is 9.13. The summed E-state index contributed by atoms with van der Waals surface area (Å²) in [4.78, 5) is 7.33. The first-order chi connectivity index (χ1) is 27.3. The van der Waals surface area contributed by atoms with Crippen LogP contribution in [0.5, 0.6) is 0 Å². The smallest absolute Gasteiger partial charge is 0.227 e. The SMILES string of the molecule is c1ccc(-c2nc3cccc(N(c4ccc(-c5ccc6ccccc6c5)cc4)c4cccc5c4c4ccc6ccccc6c4n5-c4ccccc4)c3o2)cc1. The summed E-state index contributed by atoms with van der Waals surface area (Å²) >= 11 is 0. The van der Waals surface area contributed by atoms with Crippen molar-refractivity contribution in [2.45, 2.75) is 0 Å². The van der Waals surface area contributed by atoms with E-state index in [4.69, 9.17) is 9.40 Å². The molecule has 4 nitrogen and oxygen atoms in total. The van der Waals surface area contributed by atoms with Gasteiger partial charge in [0.1, 0.15) is 5.52 Å². The largest absolute Gasteiger partial charge is 0.434 e. The molecule has 0 N–H and O–H groups in total. The number of para-hydroxylation sites is 2. The number of fused-ring (bicyclic) bond motifs is 7. The number of hydrogen-bond acceptors (Lipinski definition) is 3. The Labute approximate surface area is 317 Å². The van der Waals surface area contributed by atoms with Crippen molar-refractivity contribution in [3.05, 3.63) is 200 Å². The van der Waals surface area contributed by atoms with Crippen molar-refractivity contribution >= 4 is 71.5 Å². The summed E-state index contributed by atoms with van der Waals surface area (Å²) in [5.41, 5.74) is 11.2. The third kappa shape index (κ3) is 5.11. The van der Waals surface area contributed by atoms with Gasteiger partial charge in [0.25, 0.3) is 0 Å². The lowest BCUT2D eigenvalue weighted by Gasteiger charge is -2.26. The standard InChI is InChI=1S/C51H33N3O/c1-3-15-37(16-4-1)51-52-44-21-11-24-47(50(44)55-51)53(41-30-27-35(28-31-41)39-26-25-34-13-7-8-17-38(34)33-39)45-22-12-23-46-48(45)43-32-29-36-14-9-10-20-42(36)49(43)54(46)40-18-5-2-6-19-40/h1-33H. The van der Waals surface area contributed by atoms with Crippen molar-refractivity contribution < 1.29 is 4.42 Å². The molecule has 11 aromatic rings. The molecule has 2 heterocycles. The van der Waals surface area contributed by atoms with E-state index in [9.17, 15) is 0 Å². The van der Waals surface area contributed by atoms with E-state index in [-0.39, 0.29) is 0 Å². The Kier molecular flexibility index (Phi) is 7.14. The molecule has 0 aliphatic carbocycles. The van der Waals surface area contributed by atoms with Crippen molar-refractivity contribution in [1.29, 1.82) is 0 Å². The maximum Gasteiger partial charge on any atom is 0.227 e. The van der Waals surface area contributed by atoms with Crippen LogP contribution in [0.2, 0.25) is 0 Å². The molecule has 0 saturated carbocycles. The molecule has 0 unspecified atom stereocenters. The molecule has 258 valence electrons. The van der Waals surface area contributed by atoms with Gasteiger partial charge in [-0.25, -0.2) is 4.98 Å². The van der Waals surface area contributed by atoms with Crippen molar-refractivity contribution in [1.82, 2.24) is 9.55 Å². The Bertz CT molecular complexity index is 3200. The lowest BCUT2D eigenvalue weighted by molar-refractivity contribution is 0.620. The van der Waals surface area contributed by atoms with Crippen molar-refractivity contribution in [2.75, 3.05) is 4.90 Å². The maximum absolute atomic E-state index is 6.72. The summed E-state index contributed by atoms with van der Waals surface area (Å²) in [6.07, 6.45) is 0. The van der Waals surface area contributed by atoms with Gasteiger partial charge >= 0.3 is 0 Å².